The fourth-order valence-corrected chi connectivity index (χ4v) is 2.04. The Balaban J connectivity index is 1.95. The zero-order chi connectivity index (χ0) is 18.1. The third kappa shape index (κ3) is 6.71. The first kappa shape index (κ1) is 18.6. The molecule has 0 saturated carbocycles. The fourth-order valence-electron chi connectivity index (χ4n) is 2.04. The molecule has 0 aliphatic rings. The van der Waals surface area contributed by atoms with Crippen LogP contribution < -0.4 is 20.5 Å². The van der Waals surface area contributed by atoms with E-state index in [2.05, 4.69) is 29.1 Å². The van der Waals surface area contributed by atoms with Gasteiger partial charge in [-0.1, -0.05) is 13.8 Å². The van der Waals surface area contributed by atoms with E-state index in [0.29, 0.717) is 36.7 Å². The number of aliphatic imine (C=N–C) groups is 1. The molecule has 3 N–H and O–H groups in total. The SMILES string of the molecule is CCOc1ccc(Oc2cc(CN=C(N)NCC(C)C)ccn2)cc1. The van der Waals surface area contributed by atoms with Crippen molar-refractivity contribution >= 4 is 5.96 Å². The lowest BCUT2D eigenvalue weighted by atomic mass is 10.2. The summed E-state index contributed by atoms with van der Waals surface area (Å²) in [5, 5.41) is 3.09. The van der Waals surface area contributed by atoms with Gasteiger partial charge < -0.3 is 20.5 Å². The summed E-state index contributed by atoms with van der Waals surface area (Å²) >= 11 is 0. The first-order valence-corrected chi connectivity index (χ1v) is 8.46. The number of hydrogen-bond donors (Lipinski definition) is 2. The average Bonchev–Trinajstić information content (AvgIpc) is 2.60. The first-order chi connectivity index (χ1) is 12.1. The number of rotatable bonds is 8. The number of hydrogen-bond acceptors (Lipinski definition) is 4. The quantitative estimate of drug-likeness (QED) is 0.568. The Bertz CT molecular complexity index is 684. The highest BCUT2D eigenvalue weighted by atomic mass is 16.5. The third-order valence-corrected chi connectivity index (χ3v) is 3.28. The van der Waals surface area contributed by atoms with Gasteiger partial charge in [-0.3, -0.25) is 0 Å². The zero-order valence-corrected chi connectivity index (χ0v) is 15.0. The highest BCUT2D eigenvalue weighted by molar-refractivity contribution is 5.77. The molecule has 25 heavy (non-hydrogen) atoms. The molecule has 134 valence electrons. The van der Waals surface area contributed by atoms with Gasteiger partial charge in [0.25, 0.3) is 0 Å². The number of benzene rings is 1. The monoisotopic (exact) mass is 342 g/mol. The van der Waals surface area contributed by atoms with Crippen LogP contribution in [0.2, 0.25) is 0 Å². The van der Waals surface area contributed by atoms with Crippen molar-refractivity contribution in [1.29, 1.82) is 0 Å². The van der Waals surface area contributed by atoms with Crippen LogP contribution in [0.5, 0.6) is 17.4 Å². The molecule has 0 unspecified atom stereocenters. The van der Waals surface area contributed by atoms with E-state index in [-0.39, 0.29) is 0 Å². The Morgan fingerprint density at radius 2 is 1.92 bits per heavy atom. The second-order valence-corrected chi connectivity index (χ2v) is 5.99. The van der Waals surface area contributed by atoms with Crippen molar-refractivity contribution in [2.45, 2.75) is 27.3 Å². The van der Waals surface area contributed by atoms with Gasteiger partial charge in [0.05, 0.1) is 13.2 Å². The van der Waals surface area contributed by atoms with Crippen LogP contribution in [0.1, 0.15) is 26.3 Å². The predicted octanol–water partition coefficient (Wildman–Crippen LogP) is 3.33. The maximum Gasteiger partial charge on any atom is 0.219 e. The van der Waals surface area contributed by atoms with Crippen LogP contribution in [0.25, 0.3) is 0 Å². The summed E-state index contributed by atoms with van der Waals surface area (Å²) in [6.07, 6.45) is 1.70. The lowest BCUT2D eigenvalue weighted by Gasteiger charge is -2.09. The molecule has 1 aromatic carbocycles. The van der Waals surface area contributed by atoms with Crippen LogP contribution in [-0.2, 0) is 6.54 Å². The van der Waals surface area contributed by atoms with E-state index >= 15 is 0 Å². The van der Waals surface area contributed by atoms with Gasteiger partial charge in [0, 0.05) is 18.8 Å². The number of pyridine rings is 1. The molecule has 0 aliphatic carbocycles. The van der Waals surface area contributed by atoms with Crippen LogP contribution in [0, 0.1) is 5.92 Å². The molecule has 6 nitrogen and oxygen atoms in total. The van der Waals surface area contributed by atoms with Crippen molar-refractivity contribution in [2.24, 2.45) is 16.6 Å². The van der Waals surface area contributed by atoms with Gasteiger partial charge in [0.1, 0.15) is 11.5 Å². The van der Waals surface area contributed by atoms with E-state index in [1.807, 2.05) is 43.3 Å². The minimum Gasteiger partial charge on any atom is -0.494 e. The number of guanidine groups is 1. The molecule has 0 radical (unpaired) electrons. The molecule has 1 aromatic heterocycles. The molecule has 0 saturated heterocycles. The molecular weight excluding hydrogens is 316 g/mol. The smallest absolute Gasteiger partial charge is 0.219 e. The van der Waals surface area contributed by atoms with Gasteiger partial charge in [0.2, 0.25) is 5.88 Å². The molecule has 0 aliphatic heterocycles. The van der Waals surface area contributed by atoms with Gasteiger partial charge >= 0.3 is 0 Å². The van der Waals surface area contributed by atoms with E-state index in [1.165, 1.54) is 0 Å². The fraction of sp³-hybridized carbons (Fsp3) is 0.368. The maximum absolute atomic E-state index is 5.85. The van der Waals surface area contributed by atoms with E-state index < -0.39 is 0 Å². The molecule has 2 aromatic rings. The van der Waals surface area contributed by atoms with Crippen LogP contribution >= 0.6 is 0 Å². The van der Waals surface area contributed by atoms with Crippen LogP contribution in [0.3, 0.4) is 0 Å². The molecule has 0 atom stereocenters. The molecule has 0 bridgehead atoms. The normalized spacial score (nSPS) is 11.4. The highest BCUT2D eigenvalue weighted by Gasteiger charge is 2.02. The second kappa shape index (κ2) is 9.52. The summed E-state index contributed by atoms with van der Waals surface area (Å²) in [7, 11) is 0. The van der Waals surface area contributed by atoms with Crippen LogP contribution in [0.15, 0.2) is 47.6 Å². The summed E-state index contributed by atoms with van der Waals surface area (Å²) in [5.41, 5.74) is 6.83. The van der Waals surface area contributed by atoms with E-state index in [1.54, 1.807) is 6.20 Å². The molecule has 0 amide bonds. The van der Waals surface area contributed by atoms with Gasteiger partial charge in [-0.05, 0) is 48.7 Å². The van der Waals surface area contributed by atoms with E-state index in [9.17, 15) is 0 Å². The highest BCUT2D eigenvalue weighted by Crippen LogP contribution is 2.23. The Morgan fingerprint density at radius 3 is 2.60 bits per heavy atom. The number of aromatic nitrogens is 1. The molecule has 1 heterocycles. The van der Waals surface area contributed by atoms with Crippen molar-refractivity contribution < 1.29 is 9.47 Å². The van der Waals surface area contributed by atoms with Gasteiger partial charge in [-0.15, -0.1) is 0 Å². The molecule has 0 fully saturated rings. The van der Waals surface area contributed by atoms with Gasteiger partial charge in [-0.25, -0.2) is 9.98 Å². The Kier molecular flexibility index (Phi) is 7.07. The lowest BCUT2D eigenvalue weighted by Crippen LogP contribution is -2.34. The van der Waals surface area contributed by atoms with Crippen molar-refractivity contribution in [3.63, 3.8) is 0 Å². The predicted molar refractivity (Wildman–Crippen MR) is 100 cm³/mol. The minimum atomic E-state index is 0.444. The van der Waals surface area contributed by atoms with Gasteiger partial charge in [0.15, 0.2) is 5.96 Å². The largest absolute Gasteiger partial charge is 0.494 e. The maximum atomic E-state index is 5.85. The molecule has 6 heteroatoms. The van der Waals surface area contributed by atoms with E-state index in [4.69, 9.17) is 15.2 Å². The Morgan fingerprint density at radius 1 is 1.20 bits per heavy atom. The van der Waals surface area contributed by atoms with Crippen molar-refractivity contribution in [3.8, 4) is 17.4 Å². The first-order valence-electron chi connectivity index (χ1n) is 8.46. The second-order valence-electron chi connectivity index (χ2n) is 5.99. The lowest BCUT2D eigenvalue weighted by molar-refractivity contribution is 0.339. The molecule has 2 rings (SSSR count). The Hall–Kier alpha value is -2.76. The number of nitrogens with two attached hydrogens (primary N) is 1. The number of nitrogens with zero attached hydrogens (tertiary/aromatic N) is 2. The minimum absolute atomic E-state index is 0.444. The number of ether oxygens (including phenoxy) is 2. The average molecular weight is 342 g/mol. The number of nitrogens with one attached hydrogen (secondary N) is 1. The third-order valence-electron chi connectivity index (χ3n) is 3.28. The van der Waals surface area contributed by atoms with Crippen molar-refractivity contribution in [2.75, 3.05) is 13.2 Å². The Labute approximate surface area is 149 Å². The summed E-state index contributed by atoms with van der Waals surface area (Å²) in [6, 6.07) is 11.2. The van der Waals surface area contributed by atoms with Crippen LogP contribution in [-0.4, -0.2) is 24.1 Å². The summed E-state index contributed by atoms with van der Waals surface area (Å²) in [6.45, 7) is 8.10. The standard InChI is InChI=1S/C19H26N4O2/c1-4-24-16-5-7-17(8-6-16)25-18-11-15(9-10-21-18)13-23-19(20)22-12-14(2)3/h5-11,14H,4,12-13H2,1-3H3,(H3,20,22,23). The zero-order valence-electron chi connectivity index (χ0n) is 15.0. The van der Waals surface area contributed by atoms with Crippen LogP contribution in [0.4, 0.5) is 0 Å². The van der Waals surface area contributed by atoms with Gasteiger partial charge in [-0.2, -0.15) is 0 Å². The van der Waals surface area contributed by atoms with Crippen molar-refractivity contribution in [3.05, 3.63) is 48.2 Å². The topological polar surface area (TPSA) is 81.8 Å². The summed E-state index contributed by atoms with van der Waals surface area (Å²) < 4.78 is 11.2. The molecular formula is C19H26N4O2. The van der Waals surface area contributed by atoms with E-state index in [0.717, 1.165) is 17.9 Å². The van der Waals surface area contributed by atoms with Crippen molar-refractivity contribution in [1.82, 2.24) is 10.3 Å². The summed E-state index contributed by atoms with van der Waals surface area (Å²) in [5.74, 6) is 3.00. The molecule has 0 spiro atoms. The summed E-state index contributed by atoms with van der Waals surface area (Å²) in [4.78, 5) is 8.56.